The Labute approximate surface area is 154 Å². The summed E-state index contributed by atoms with van der Waals surface area (Å²) >= 11 is 0. The molecule has 0 radical (unpaired) electrons. The highest BCUT2D eigenvalue weighted by Crippen LogP contribution is 2.34. The Morgan fingerprint density at radius 2 is 1.81 bits per heavy atom. The fraction of sp³-hybridized carbons (Fsp3) is 0.381. The van der Waals surface area contributed by atoms with Gasteiger partial charge in [-0.15, -0.1) is 0 Å². The molecule has 1 N–H and O–H groups in total. The molecule has 3 rings (SSSR count). The van der Waals surface area contributed by atoms with Crippen LogP contribution in [0.2, 0.25) is 0 Å². The van der Waals surface area contributed by atoms with Gasteiger partial charge in [0.15, 0.2) is 18.1 Å². The molecule has 0 aromatic heterocycles. The summed E-state index contributed by atoms with van der Waals surface area (Å²) in [5, 5.41) is 3.02. The standard InChI is InChI=1S/C21H25NO4/c1-14-5-6-15(2)18(11-14)26-13-20(23)22-21(3,4)16-7-8-17-19(12-16)25-10-9-24-17/h5-8,11-12H,9-10,13H2,1-4H3,(H,22,23). The van der Waals surface area contributed by atoms with Gasteiger partial charge < -0.3 is 19.5 Å². The number of ether oxygens (including phenoxy) is 3. The van der Waals surface area contributed by atoms with Crippen LogP contribution in [0.15, 0.2) is 36.4 Å². The average molecular weight is 355 g/mol. The molecule has 2 aromatic rings. The number of rotatable bonds is 5. The van der Waals surface area contributed by atoms with Crippen molar-refractivity contribution < 1.29 is 19.0 Å². The number of aryl methyl sites for hydroxylation is 2. The van der Waals surface area contributed by atoms with Gasteiger partial charge in [0.25, 0.3) is 5.91 Å². The first kappa shape index (κ1) is 18.1. The number of nitrogens with one attached hydrogen (secondary N) is 1. The average Bonchev–Trinajstić information content (AvgIpc) is 2.61. The molecule has 1 heterocycles. The molecule has 0 fully saturated rings. The van der Waals surface area contributed by atoms with Crippen LogP contribution in [-0.2, 0) is 10.3 Å². The number of carbonyl (C=O) groups excluding carboxylic acids is 1. The van der Waals surface area contributed by atoms with Gasteiger partial charge in [0.05, 0.1) is 5.54 Å². The molecular weight excluding hydrogens is 330 g/mol. The molecule has 5 nitrogen and oxygen atoms in total. The van der Waals surface area contributed by atoms with Crippen LogP contribution < -0.4 is 19.5 Å². The fourth-order valence-electron chi connectivity index (χ4n) is 2.90. The smallest absolute Gasteiger partial charge is 0.258 e. The Balaban J connectivity index is 1.65. The topological polar surface area (TPSA) is 56.8 Å². The van der Waals surface area contributed by atoms with Crippen LogP contribution in [0.4, 0.5) is 0 Å². The number of carbonyl (C=O) groups is 1. The fourth-order valence-corrected chi connectivity index (χ4v) is 2.90. The minimum Gasteiger partial charge on any atom is -0.486 e. The third-order valence-electron chi connectivity index (χ3n) is 4.42. The highest BCUT2D eigenvalue weighted by molar-refractivity contribution is 5.78. The van der Waals surface area contributed by atoms with E-state index in [0.29, 0.717) is 19.0 Å². The third kappa shape index (κ3) is 4.10. The number of hydrogen-bond donors (Lipinski definition) is 1. The van der Waals surface area contributed by atoms with Crippen molar-refractivity contribution in [2.75, 3.05) is 19.8 Å². The lowest BCUT2D eigenvalue weighted by atomic mass is 9.93. The minimum absolute atomic E-state index is 0.0295. The Morgan fingerprint density at radius 3 is 2.58 bits per heavy atom. The van der Waals surface area contributed by atoms with Gasteiger partial charge in [0.1, 0.15) is 19.0 Å². The second kappa shape index (κ2) is 7.28. The SMILES string of the molecule is Cc1ccc(C)c(OCC(=O)NC(C)(C)c2ccc3c(c2)OCCO3)c1. The highest BCUT2D eigenvalue weighted by atomic mass is 16.6. The van der Waals surface area contributed by atoms with E-state index in [9.17, 15) is 4.79 Å². The molecule has 0 bridgehead atoms. The van der Waals surface area contributed by atoms with Crippen LogP contribution in [-0.4, -0.2) is 25.7 Å². The molecule has 0 saturated heterocycles. The van der Waals surface area contributed by atoms with Crippen molar-refractivity contribution in [3.05, 3.63) is 53.1 Å². The van der Waals surface area contributed by atoms with Gasteiger partial charge >= 0.3 is 0 Å². The Hall–Kier alpha value is -2.69. The molecule has 0 saturated carbocycles. The molecule has 5 heteroatoms. The molecule has 0 atom stereocenters. The van der Waals surface area contributed by atoms with Crippen LogP contribution in [0, 0.1) is 13.8 Å². The Bertz CT molecular complexity index is 814. The van der Waals surface area contributed by atoms with E-state index in [1.165, 1.54) is 0 Å². The second-order valence-corrected chi connectivity index (χ2v) is 7.09. The largest absolute Gasteiger partial charge is 0.486 e. The van der Waals surface area contributed by atoms with E-state index in [4.69, 9.17) is 14.2 Å². The van der Waals surface area contributed by atoms with Crippen molar-refractivity contribution in [1.82, 2.24) is 5.32 Å². The quantitative estimate of drug-likeness (QED) is 0.892. The van der Waals surface area contributed by atoms with Gasteiger partial charge in [-0.3, -0.25) is 4.79 Å². The van der Waals surface area contributed by atoms with Crippen LogP contribution in [0.1, 0.15) is 30.5 Å². The number of amides is 1. The summed E-state index contributed by atoms with van der Waals surface area (Å²) in [6.45, 7) is 8.93. The second-order valence-electron chi connectivity index (χ2n) is 7.09. The van der Waals surface area contributed by atoms with Crippen molar-refractivity contribution in [2.24, 2.45) is 0 Å². The summed E-state index contributed by atoms with van der Waals surface area (Å²) < 4.78 is 16.9. The number of benzene rings is 2. The van der Waals surface area contributed by atoms with Crippen molar-refractivity contribution in [3.63, 3.8) is 0 Å². The van der Waals surface area contributed by atoms with Crippen LogP contribution >= 0.6 is 0 Å². The zero-order chi connectivity index (χ0) is 18.7. The van der Waals surface area contributed by atoms with Gasteiger partial charge in [-0.1, -0.05) is 18.2 Å². The highest BCUT2D eigenvalue weighted by Gasteiger charge is 2.25. The maximum absolute atomic E-state index is 12.4. The summed E-state index contributed by atoms with van der Waals surface area (Å²) in [6.07, 6.45) is 0. The summed E-state index contributed by atoms with van der Waals surface area (Å²) in [6, 6.07) is 11.7. The van der Waals surface area contributed by atoms with Gasteiger partial charge in [0, 0.05) is 0 Å². The maximum Gasteiger partial charge on any atom is 0.258 e. The monoisotopic (exact) mass is 355 g/mol. The predicted octanol–water partition coefficient (Wildman–Crippen LogP) is 3.50. The van der Waals surface area contributed by atoms with E-state index in [1.807, 2.05) is 64.1 Å². The third-order valence-corrected chi connectivity index (χ3v) is 4.42. The Kier molecular flexibility index (Phi) is 5.07. The number of hydrogen-bond acceptors (Lipinski definition) is 4. The lowest BCUT2D eigenvalue weighted by Gasteiger charge is -2.28. The minimum atomic E-state index is -0.558. The molecule has 0 aliphatic carbocycles. The zero-order valence-corrected chi connectivity index (χ0v) is 15.7. The van der Waals surface area contributed by atoms with Crippen molar-refractivity contribution in [3.8, 4) is 17.2 Å². The molecule has 26 heavy (non-hydrogen) atoms. The Morgan fingerprint density at radius 1 is 1.08 bits per heavy atom. The van der Waals surface area contributed by atoms with Gasteiger partial charge in [0.2, 0.25) is 0 Å². The molecule has 2 aromatic carbocycles. The van der Waals surface area contributed by atoms with Crippen LogP contribution in [0.25, 0.3) is 0 Å². The molecule has 1 aliphatic heterocycles. The van der Waals surface area contributed by atoms with E-state index in [1.54, 1.807) is 0 Å². The van der Waals surface area contributed by atoms with Crippen molar-refractivity contribution in [1.29, 1.82) is 0 Å². The summed E-state index contributed by atoms with van der Waals surface area (Å²) in [7, 11) is 0. The number of fused-ring (bicyclic) bond motifs is 1. The lowest BCUT2D eigenvalue weighted by molar-refractivity contribution is -0.124. The van der Waals surface area contributed by atoms with Gasteiger partial charge in [-0.25, -0.2) is 0 Å². The lowest BCUT2D eigenvalue weighted by Crippen LogP contribution is -2.43. The first-order valence-electron chi connectivity index (χ1n) is 8.76. The zero-order valence-electron chi connectivity index (χ0n) is 15.7. The van der Waals surface area contributed by atoms with E-state index in [-0.39, 0.29) is 12.5 Å². The molecule has 0 spiro atoms. The van der Waals surface area contributed by atoms with Crippen molar-refractivity contribution >= 4 is 5.91 Å². The summed E-state index contributed by atoms with van der Waals surface area (Å²) in [4.78, 5) is 12.4. The van der Waals surface area contributed by atoms with E-state index in [0.717, 1.165) is 28.2 Å². The van der Waals surface area contributed by atoms with Gasteiger partial charge in [-0.2, -0.15) is 0 Å². The first-order valence-corrected chi connectivity index (χ1v) is 8.76. The first-order chi connectivity index (χ1) is 12.3. The molecule has 1 amide bonds. The van der Waals surface area contributed by atoms with Gasteiger partial charge in [-0.05, 0) is 62.6 Å². The normalized spacial score (nSPS) is 13.2. The van der Waals surface area contributed by atoms with E-state index in [2.05, 4.69) is 5.32 Å². The molecular formula is C21H25NO4. The summed E-state index contributed by atoms with van der Waals surface area (Å²) in [5.74, 6) is 2.01. The maximum atomic E-state index is 12.4. The van der Waals surface area contributed by atoms with Crippen LogP contribution in [0.3, 0.4) is 0 Å². The van der Waals surface area contributed by atoms with E-state index < -0.39 is 5.54 Å². The molecule has 1 aliphatic rings. The van der Waals surface area contributed by atoms with E-state index >= 15 is 0 Å². The predicted molar refractivity (Wildman–Crippen MR) is 100 cm³/mol. The van der Waals surface area contributed by atoms with Crippen LogP contribution in [0.5, 0.6) is 17.2 Å². The van der Waals surface area contributed by atoms with Crippen molar-refractivity contribution in [2.45, 2.75) is 33.2 Å². The molecule has 138 valence electrons. The summed E-state index contributed by atoms with van der Waals surface area (Å²) in [5.41, 5.74) is 2.50. The molecule has 0 unspecified atom stereocenters.